The highest BCUT2D eigenvalue weighted by atomic mass is 35.5. The molecule has 96 valence electrons. The van der Waals surface area contributed by atoms with E-state index in [4.69, 9.17) is 17.4 Å². The number of hydrogen-bond acceptors (Lipinski definition) is 2. The lowest BCUT2D eigenvalue weighted by molar-refractivity contribution is 0.0801. The van der Waals surface area contributed by atoms with Crippen LogP contribution < -0.4 is 5.84 Å². The van der Waals surface area contributed by atoms with Gasteiger partial charge >= 0.3 is 0 Å². The van der Waals surface area contributed by atoms with Crippen LogP contribution in [0.4, 0.5) is 0 Å². The Morgan fingerprint density at radius 2 is 2.22 bits per heavy atom. The summed E-state index contributed by atoms with van der Waals surface area (Å²) in [5.41, 5.74) is 2.12. The molecule has 1 aromatic carbocycles. The first-order chi connectivity index (χ1) is 8.56. The third-order valence-corrected chi connectivity index (χ3v) is 3.56. The van der Waals surface area contributed by atoms with E-state index >= 15 is 0 Å². The molecule has 1 aliphatic carbocycles. The number of nitrogens with two attached hydrogens (primary N) is 1. The van der Waals surface area contributed by atoms with Crippen molar-refractivity contribution in [2.75, 3.05) is 0 Å². The predicted octanol–water partition coefficient (Wildman–Crippen LogP) is 3.46. The van der Waals surface area contributed by atoms with E-state index < -0.39 is 0 Å². The molecule has 1 fully saturated rings. The molecule has 2 N–H and O–H groups in total. The zero-order valence-electron chi connectivity index (χ0n) is 10.4. The van der Waals surface area contributed by atoms with Gasteiger partial charge in [0.25, 0.3) is 5.91 Å². The molecule has 0 unspecified atom stereocenters. The zero-order valence-corrected chi connectivity index (χ0v) is 11.2. The van der Waals surface area contributed by atoms with Crippen LogP contribution in [0.1, 0.15) is 48.0 Å². The first-order valence-electron chi connectivity index (χ1n) is 6.11. The molecule has 0 radical (unpaired) electrons. The molecule has 1 aliphatic rings. The van der Waals surface area contributed by atoms with Crippen LogP contribution in [0, 0.1) is 0 Å². The minimum Gasteiger partial charge on any atom is -0.267 e. The fourth-order valence-corrected chi connectivity index (χ4v) is 2.20. The number of halogens is 1. The van der Waals surface area contributed by atoms with Gasteiger partial charge in [-0.2, -0.15) is 0 Å². The number of hydrogen-bond donors (Lipinski definition) is 1. The molecule has 0 bridgehead atoms. The van der Waals surface area contributed by atoms with Crippen molar-refractivity contribution < 1.29 is 4.79 Å². The highest BCUT2D eigenvalue weighted by Crippen LogP contribution is 2.43. The fourth-order valence-electron chi connectivity index (χ4n) is 1.94. The van der Waals surface area contributed by atoms with Gasteiger partial charge in [-0.3, -0.25) is 4.79 Å². The van der Waals surface area contributed by atoms with E-state index in [1.54, 1.807) is 6.07 Å². The summed E-state index contributed by atoms with van der Waals surface area (Å²) in [4.78, 5) is 12.4. The van der Waals surface area contributed by atoms with E-state index in [-0.39, 0.29) is 5.91 Å². The SMILES string of the molecule is C=C(CC)N(N)C(=O)c1c(Cl)cccc1C1CC1. The third-order valence-electron chi connectivity index (χ3n) is 3.24. The summed E-state index contributed by atoms with van der Waals surface area (Å²) in [6.07, 6.45) is 2.85. The monoisotopic (exact) mass is 264 g/mol. The molecule has 0 aromatic heterocycles. The summed E-state index contributed by atoms with van der Waals surface area (Å²) < 4.78 is 0. The Morgan fingerprint density at radius 1 is 1.56 bits per heavy atom. The molecule has 2 rings (SSSR count). The van der Waals surface area contributed by atoms with Crippen molar-refractivity contribution >= 4 is 17.5 Å². The van der Waals surface area contributed by atoms with Crippen LogP contribution in [0.25, 0.3) is 0 Å². The molecule has 1 amide bonds. The summed E-state index contributed by atoms with van der Waals surface area (Å²) in [6, 6.07) is 5.56. The molecule has 0 spiro atoms. The van der Waals surface area contributed by atoms with Crippen LogP contribution in [0.15, 0.2) is 30.5 Å². The average molecular weight is 265 g/mol. The molecule has 1 saturated carbocycles. The largest absolute Gasteiger partial charge is 0.273 e. The van der Waals surface area contributed by atoms with E-state index in [2.05, 4.69) is 6.58 Å². The average Bonchev–Trinajstić information content (AvgIpc) is 3.20. The maximum Gasteiger partial charge on any atom is 0.273 e. The van der Waals surface area contributed by atoms with Gasteiger partial charge in [-0.05, 0) is 36.8 Å². The highest BCUT2D eigenvalue weighted by molar-refractivity contribution is 6.34. The Morgan fingerprint density at radius 3 is 2.78 bits per heavy atom. The van der Waals surface area contributed by atoms with Gasteiger partial charge in [0.2, 0.25) is 0 Å². The molecule has 4 heteroatoms. The standard InChI is InChI=1S/C14H17ClN2O/c1-3-9(2)17(16)14(18)13-11(10-7-8-10)5-4-6-12(13)15/h4-6,10H,2-3,7-8,16H2,1H3. The Bertz CT molecular complexity index is 495. The van der Waals surface area contributed by atoms with E-state index in [0.717, 1.165) is 23.4 Å². The van der Waals surface area contributed by atoms with E-state index in [1.807, 2.05) is 19.1 Å². The molecular formula is C14H17ClN2O. The molecule has 3 nitrogen and oxygen atoms in total. The summed E-state index contributed by atoms with van der Waals surface area (Å²) in [5, 5.41) is 1.57. The molecule has 0 heterocycles. The number of amides is 1. The van der Waals surface area contributed by atoms with Crippen molar-refractivity contribution in [3.8, 4) is 0 Å². The van der Waals surface area contributed by atoms with Crippen molar-refractivity contribution in [3.63, 3.8) is 0 Å². The van der Waals surface area contributed by atoms with Gasteiger partial charge in [-0.15, -0.1) is 0 Å². The van der Waals surface area contributed by atoms with Gasteiger partial charge in [0.05, 0.1) is 10.6 Å². The topological polar surface area (TPSA) is 46.3 Å². The number of nitrogens with zero attached hydrogens (tertiary/aromatic N) is 1. The molecule has 0 saturated heterocycles. The van der Waals surface area contributed by atoms with E-state index in [1.165, 1.54) is 0 Å². The quantitative estimate of drug-likeness (QED) is 0.514. The smallest absolute Gasteiger partial charge is 0.267 e. The Hall–Kier alpha value is -1.32. The van der Waals surface area contributed by atoms with Crippen LogP contribution >= 0.6 is 11.6 Å². The molecule has 0 atom stereocenters. The fraction of sp³-hybridized carbons (Fsp3) is 0.357. The van der Waals surface area contributed by atoms with Crippen molar-refractivity contribution in [1.29, 1.82) is 0 Å². The lowest BCUT2D eigenvalue weighted by atomic mass is 10.0. The van der Waals surface area contributed by atoms with Crippen LogP contribution in [-0.4, -0.2) is 10.9 Å². The highest BCUT2D eigenvalue weighted by Gasteiger charge is 2.30. The normalized spacial score (nSPS) is 14.4. The van der Waals surface area contributed by atoms with Crippen LogP contribution in [0.3, 0.4) is 0 Å². The molecule has 0 aliphatic heterocycles. The Labute approximate surface area is 112 Å². The molecule has 1 aromatic rings. The minimum atomic E-state index is -0.269. The summed E-state index contributed by atoms with van der Waals surface area (Å²) >= 11 is 6.16. The number of rotatable bonds is 4. The van der Waals surface area contributed by atoms with Crippen molar-refractivity contribution in [2.45, 2.75) is 32.1 Å². The Kier molecular flexibility index (Phi) is 3.73. The van der Waals surface area contributed by atoms with Crippen molar-refractivity contribution in [2.24, 2.45) is 5.84 Å². The summed E-state index contributed by atoms with van der Waals surface area (Å²) in [5.74, 6) is 5.97. The number of hydrazine groups is 1. The van der Waals surface area contributed by atoms with Gasteiger partial charge in [0.15, 0.2) is 0 Å². The Balaban J connectivity index is 2.37. The second kappa shape index (κ2) is 5.12. The van der Waals surface area contributed by atoms with Crippen LogP contribution in [-0.2, 0) is 0 Å². The van der Waals surface area contributed by atoms with Crippen molar-refractivity contribution in [1.82, 2.24) is 5.01 Å². The first-order valence-corrected chi connectivity index (χ1v) is 6.49. The zero-order chi connectivity index (χ0) is 13.3. The number of benzene rings is 1. The minimum absolute atomic E-state index is 0.269. The molecule has 18 heavy (non-hydrogen) atoms. The summed E-state index contributed by atoms with van der Waals surface area (Å²) in [7, 11) is 0. The van der Waals surface area contributed by atoms with Crippen molar-refractivity contribution in [3.05, 3.63) is 46.6 Å². The first kappa shape index (κ1) is 13.1. The predicted molar refractivity (Wildman–Crippen MR) is 73.2 cm³/mol. The lowest BCUT2D eigenvalue weighted by Crippen LogP contribution is -2.36. The second-order valence-corrected chi connectivity index (χ2v) is 4.98. The van der Waals surface area contributed by atoms with Gasteiger partial charge in [0, 0.05) is 5.70 Å². The summed E-state index contributed by atoms with van der Waals surface area (Å²) in [6.45, 7) is 5.68. The van der Waals surface area contributed by atoms with E-state index in [9.17, 15) is 4.79 Å². The number of allylic oxidation sites excluding steroid dienone is 1. The maximum atomic E-state index is 12.4. The maximum absolute atomic E-state index is 12.4. The van der Waals surface area contributed by atoms with Gasteiger partial charge in [-0.25, -0.2) is 10.9 Å². The van der Waals surface area contributed by atoms with Gasteiger partial charge < -0.3 is 0 Å². The van der Waals surface area contributed by atoms with Gasteiger partial charge in [0.1, 0.15) is 0 Å². The molecular weight excluding hydrogens is 248 g/mol. The second-order valence-electron chi connectivity index (χ2n) is 4.57. The van der Waals surface area contributed by atoms with Crippen LogP contribution in [0.2, 0.25) is 5.02 Å². The van der Waals surface area contributed by atoms with Gasteiger partial charge in [-0.1, -0.05) is 37.2 Å². The van der Waals surface area contributed by atoms with Crippen LogP contribution in [0.5, 0.6) is 0 Å². The number of carbonyl (C=O) groups excluding carboxylic acids is 1. The lowest BCUT2D eigenvalue weighted by Gasteiger charge is -2.20. The van der Waals surface area contributed by atoms with E-state index in [0.29, 0.717) is 28.6 Å². The number of carbonyl (C=O) groups is 1. The third kappa shape index (κ3) is 2.42.